The Morgan fingerprint density at radius 3 is 2.60 bits per heavy atom. The average Bonchev–Trinajstić information content (AvgIpc) is 2.79. The fraction of sp³-hybridized carbons (Fsp3) is 0.458. The third-order valence-corrected chi connectivity index (χ3v) is 5.75. The van der Waals surface area contributed by atoms with Gasteiger partial charge in [-0.3, -0.25) is 4.79 Å². The van der Waals surface area contributed by atoms with Gasteiger partial charge in [0, 0.05) is 37.6 Å². The summed E-state index contributed by atoms with van der Waals surface area (Å²) < 4.78 is 11.3. The summed E-state index contributed by atoms with van der Waals surface area (Å²) in [7, 11) is 0. The van der Waals surface area contributed by atoms with Crippen LogP contribution in [-0.4, -0.2) is 51.9 Å². The topological polar surface area (TPSA) is 54.0 Å². The molecule has 160 valence electrons. The second-order valence-corrected chi connectivity index (χ2v) is 8.14. The van der Waals surface area contributed by atoms with E-state index >= 15 is 0 Å². The number of amides is 1. The van der Waals surface area contributed by atoms with Crippen LogP contribution < -0.4 is 19.9 Å². The molecule has 0 bridgehead atoms. The Morgan fingerprint density at radius 1 is 1.07 bits per heavy atom. The van der Waals surface area contributed by atoms with E-state index in [1.807, 2.05) is 42.5 Å². The van der Waals surface area contributed by atoms with Gasteiger partial charge in [0.05, 0.1) is 18.9 Å². The van der Waals surface area contributed by atoms with E-state index in [1.54, 1.807) is 0 Å². The number of carbonyl (C=O) groups excluding carboxylic acids is 1. The lowest BCUT2D eigenvalue weighted by Crippen LogP contribution is -2.36. The van der Waals surface area contributed by atoms with Crippen LogP contribution in [0, 0.1) is 5.92 Å². The summed E-state index contributed by atoms with van der Waals surface area (Å²) in [6.07, 6.45) is 2.46. The summed E-state index contributed by atoms with van der Waals surface area (Å²) in [5, 5.41) is 2.93. The van der Waals surface area contributed by atoms with Crippen LogP contribution in [0.2, 0.25) is 0 Å². The summed E-state index contributed by atoms with van der Waals surface area (Å²) in [6, 6.07) is 15.9. The molecule has 1 amide bonds. The normalized spacial score (nSPS) is 19.4. The molecule has 2 fully saturated rings. The summed E-state index contributed by atoms with van der Waals surface area (Å²) in [5.74, 6) is 1.29. The first-order valence-electron chi connectivity index (χ1n) is 10.9. The molecule has 6 nitrogen and oxygen atoms in total. The third-order valence-electron chi connectivity index (χ3n) is 5.75. The maximum Gasteiger partial charge on any atom is 0.262 e. The van der Waals surface area contributed by atoms with Gasteiger partial charge in [-0.25, -0.2) is 0 Å². The van der Waals surface area contributed by atoms with Gasteiger partial charge in [-0.15, -0.1) is 0 Å². The Kier molecular flexibility index (Phi) is 6.74. The molecule has 2 aromatic rings. The van der Waals surface area contributed by atoms with Crippen LogP contribution in [0.15, 0.2) is 48.5 Å². The molecule has 4 rings (SSSR count). The first-order chi connectivity index (χ1) is 14.7. The number of nitrogens with one attached hydrogen (secondary N) is 1. The maximum absolute atomic E-state index is 12.4. The number of hydrogen-bond donors (Lipinski definition) is 1. The first kappa shape index (κ1) is 20.5. The molecule has 2 aromatic carbocycles. The number of para-hydroxylation sites is 2. The second kappa shape index (κ2) is 9.85. The van der Waals surface area contributed by atoms with E-state index in [4.69, 9.17) is 9.47 Å². The van der Waals surface area contributed by atoms with Gasteiger partial charge < -0.3 is 24.6 Å². The van der Waals surface area contributed by atoms with Crippen molar-refractivity contribution in [1.29, 1.82) is 0 Å². The highest BCUT2D eigenvalue weighted by atomic mass is 16.5. The molecule has 0 saturated carbocycles. The number of nitrogens with zero attached hydrogens (tertiary/aromatic N) is 2. The number of benzene rings is 2. The standard InChI is InChI=1S/C24H31N3O3/c1-19-5-4-12-27(17-19)22-6-2-3-7-23(22)30-18-24(28)25-20-8-10-21(11-9-20)26-13-15-29-16-14-26/h2-3,6-11,19H,4-5,12-18H2,1H3,(H,25,28). The number of piperidine rings is 1. The van der Waals surface area contributed by atoms with Gasteiger partial charge in [-0.05, 0) is 55.2 Å². The van der Waals surface area contributed by atoms with Crippen molar-refractivity contribution >= 4 is 23.0 Å². The summed E-state index contributed by atoms with van der Waals surface area (Å²) >= 11 is 0. The van der Waals surface area contributed by atoms with Crippen molar-refractivity contribution < 1.29 is 14.3 Å². The van der Waals surface area contributed by atoms with E-state index < -0.39 is 0 Å². The molecular formula is C24H31N3O3. The molecule has 2 aliphatic heterocycles. The molecule has 0 spiro atoms. The highest BCUT2D eigenvalue weighted by Crippen LogP contribution is 2.31. The van der Waals surface area contributed by atoms with Gasteiger partial charge in [0.15, 0.2) is 6.61 Å². The molecule has 0 aliphatic carbocycles. The van der Waals surface area contributed by atoms with Gasteiger partial charge in [0.25, 0.3) is 5.91 Å². The number of anilines is 3. The molecule has 1 atom stereocenters. The van der Waals surface area contributed by atoms with Crippen molar-refractivity contribution in [2.24, 2.45) is 5.92 Å². The minimum Gasteiger partial charge on any atom is -0.482 e. The van der Waals surface area contributed by atoms with Crippen LogP contribution in [0.1, 0.15) is 19.8 Å². The fourth-order valence-corrected chi connectivity index (χ4v) is 4.17. The van der Waals surface area contributed by atoms with E-state index in [2.05, 4.69) is 28.1 Å². The second-order valence-electron chi connectivity index (χ2n) is 8.14. The largest absolute Gasteiger partial charge is 0.482 e. The van der Waals surface area contributed by atoms with E-state index in [0.29, 0.717) is 5.92 Å². The smallest absolute Gasteiger partial charge is 0.262 e. The zero-order chi connectivity index (χ0) is 20.8. The lowest BCUT2D eigenvalue weighted by molar-refractivity contribution is -0.118. The Morgan fingerprint density at radius 2 is 1.83 bits per heavy atom. The minimum atomic E-state index is -0.157. The molecule has 0 aromatic heterocycles. The summed E-state index contributed by atoms with van der Waals surface area (Å²) in [4.78, 5) is 17.1. The number of carbonyl (C=O) groups is 1. The summed E-state index contributed by atoms with van der Waals surface area (Å²) in [5.41, 5.74) is 3.00. The number of hydrogen-bond acceptors (Lipinski definition) is 5. The molecule has 2 heterocycles. The molecule has 1 unspecified atom stereocenters. The third kappa shape index (κ3) is 5.25. The van der Waals surface area contributed by atoms with Crippen molar-refractivity contribution in [2.45, 2.75) is 19.8 Å². The highest BCUT2D eigenvalue weighted by molar-refractivity contribution is 5.92. The van der Waals surface area contributed by atoms with Crippen LogP contribution in [0.3, 0.4) is 0 Å². The Balaban J connectivity index is 1.32. The molecule has 0 radical (unpaired) electrons. The fourth-order valence-electron chi connectivity index (χ4n) is 4.17. The van der Waals surface area contributed by atoms with Crippen LogP contribution in [0.4, 0.5) is 17.1 Å². The zero-order valence-electron chi connectivity index (χ0n) is 17.7. The van der Waals surface area contributed by atoms with E-state index in [0.717, 1.165) is 62.2 Å². The Bertz CT molecular complexity index is 834. The number of rotatable bonds is 6. The van der Waals surface area contributed by atoms with Gasteiger partial charge in [-0.2, -0.15) is 0 Å². The van der Waals surface area contributed by atoms with Crippen LogP contribution in [0.25, 0.3) is 0 Å². The van der Waals surface area contributed by atoms with Gasteiger partial charge >= 0.3 is 0 Å². The van der Waals surface area contributed by atoms with Crippen molar-refractivity contribution in [2.75, 3.05) is 61.1 Å². The van der Waals surface area contributed by atoms with E-state index in [9.17, 15) is 4.79 Å². The van der Waals surface area contributed by atoms with Crippen LogP contribution >= 0.6 is 0 Å². The molecule has 6 heteroatoms. The monoisotopic (exact) mass is 409 g/mol. The van der Waals surface area contributed by atoms with Gasteiger partial charge in [-0.1, -0.05) is 19.1 Å². The van der Waals surface area contributed by atoms with Crippen molar-refractivity contribution in [3.8, 4) is 5.75 Å². The van der Waals surface area contributed by atoms with Crippen molar-refractivity contribution in [3.05, 3.63) is 48.5 Å². The summed E-state index contributed by atoms with van der Waals surface area (Å²) in [6.45, 7) is 7.65. The van der Waals surface area contributed by atoms with Gasteiger partial charge in [0.1, 0.15) is 5.75 Å². The average molecular weight is 410 g/mol. The Labute approximate surface area is 178 Å². The lowest BCUT2D eigenvalue weighted by Gasteiger charge is -2.33. The minimum absolute atomic E-state index is 0.00831. The maximum atomic E-state index is 12.4. The Hall–Kier alpha value is -2.73. The predicted octanol–water partition coefficient (Wildman–Crippen LogP) is 3.78. The highest BCUT2D eigenvalue weighted by Gasteiger charge is 2.19. The predicted molar refractivity (Wildman–Crippen MR) is 121 cm³/mol. The van der Waals surface area contributed by atoms with E-state index in [1.165, 1.54) is 12.8 Å². The van der Waals surface area contributed by atoms with Crippen LogP contribution in [-0.2, 0) is 9.53 Å². The molecule has 2 aliphatic rings. The quantitative estimate of drug-likeness (QED) is 0.787. The number of morpholine rings is 1. The van der Waals surface area contributed by atoms with E-state index in [-0.39, 0.29) is 12.5 Å². The zero-order valence-corrected chi connectivity index (χ0v) is 17.7. The van der Waals surface area contributed by atoms with Crippen LogP contribution in [0.5, 0.6) is 5.75 Å². The lowest BCUT2D eigenvalue weighted by atomic mass is 9.99. The first-order valence-corrected chi connectivity index (χ1v) is 10.9. The van der Waals surface area contributed by atoms with Crippen molar-refractivity contribution in [3.63, 3.8) is 0 Å². The molecule has 30 heavy (non-hydrogen) atoms. The molecule has 2 saturated heterocycles. The molecule has 1 N–H and O–H groups in total. The van der Waals surface area contributed by atoms with Gasteiger partial charge in [0.2, 0.25) is 0 Å². The molecular weight excluding hydrogens is 378 g/mol. The number of ether oxygens (including phenoxy) is 2. The van der Waals surface area contributed by atoms with Crippen molar-refractivity contribution in [1.82, 2.24) is 0 Å². The SMILES string of the molecule is CC1CCCN(c2ccccc2OCC(=O)Nc2ccc(N3CCOCC3)cc2)C1.